The highest BCUT2D eigenvalue weighted by atomic mass is 35.5. The molecule has 2 rings (SSSR count). The molecule has 0 amide bonds. The molecular weight excluding hydrogens is 188 g/mol. The minimum atomic E-state index is -0.0719. The summed E-state index contributed by atoms with van der Waals surface area (Å²) in [6.07, 6.45) is 3.55. The summed E-state index contributed by atoms with van der Waals surface area (Å²) in [6.45, 7) is 0. The number of benzene rings is 1. The fourth-order valence-corrected chi connectivity index (χ4v) is 2.12. The fourth-order valence-electron chi connectivity index (χ4n) is 1.79. The maximum Gasteiger partial charge on any atom is 0.153 e. The highest BCUT2D eigenvalue weighted by Crippen LogP contribution is 2.37. The monoisotopic (exact) mass is 196 g/mol. The van der Waals surface area contributed by atoms with Crippen molar-refractivity contribution in [1.29, 1.82) is 0 Å². The van der Waals surface area contributed by atoms with Crippen LogP contribution in [0.15, 0.2) is 6.07 Å². The van der Waals surface area contributed by atoms with Crippen molar-refractivity contribution < 1.29 is 9.90 Å². The number of hydrogen-bond acceptors (Lipinski definition) is 2. The van der Waals surface area contributed by atoms with Crippen molar-refractivity contribution in [1.82, 2.24) is 0 Å². The van der Waals surface area contributed by atoms with Crippen molar-refractivity contribution in [2.24, 2.45) is 0 Å². The van der Waals surface area contributed by atoms with Gasteiger partial charge in [0.1, 0.15) is 5.75 Å². The first-order chi connectivity index (χ1) is 6.24. The number of rotatable bonds is 1. The molecule has 0 atom stereocenters. The van der Waals surface area contributed by atoms with E-state index in [1.165, 1.54) is 0 Å². The predicted molar refractivity (Wildman–Crippen MR) is 50.5 cm³/mol. The average Bonchev–Trinajstić information content (AvgIpc) is 2.59. The van der Waals surface area contributed by atoms with Crippen LogP contribution in [0.25, 0.3) is 0 Å². The Labute approximate surface area is 81.1 Å². The Hall–Kier alpha value is -1.02. The van der Waals surface area contributed by atoms with Gasteiger partial charge in [-0.2, -0.15) is 0 Å². The van der Waals surface area contributed by atoms with Gasteiger partial charge in [-0.3, -0.25) is 4.79 Å². The van der Waals surface area contributed by atoms with E-state index in [1.54, 1.807) is 6.07 Å². The molecule has 3 heteroatoms. The summed E-state index contributed by atoms with van der Waals surface area (Å²) in [6, 6.07) is 1.73. The van der Waals surface area contributed by atoms with E-state index < -0.39 is 0 Å². The van der Waals surface area contributed by atoms with Gasteiger partial charge in [0.25, 0.3) is 0 Å². The summed E-state index contributed by atoms with van der Waals surface area (Å²) >= 11 is 5.91. The van der Waals surface area contributed by atoms with Gasteiger partial charge in [-0.25, -0.2) is 0 Å². The van der Waals surface area contributed by atoms with E-state index in [-0.39, 0.29) is 5.75 Å². The molecule has 1 aromatic rings. The van der Waals surface area contributed by atoms with Gasteiger partial charge in [0.05, 0.1) is 10.6 Å². The number of phenols is 1. The number of aromatic hydroxyl groups is 1. The lowest BCUT2D eigenvalue weighted by Crippen LogP contribution is -1.90. The molecule has 0 fully saturated rings. The van der Waals surface area contributed by atoms with Gasteiger partial charge in [0, 0.05) is 0 Å². The molecule has 1 aliphatic carbocycles. The Morgan fingerprint density at radius 2 is 2.23 bits per heavy atom. The predicted octanol–water partition coefficient (Wildman–Crippen LogP) is 2.35. The van der Waals surface area contributed by atoms with E-state index >= 15 is 0 Å². The molecule has 0 saturated heterocycles. The van der Waals surface area contributed by atoms with Crippen LogP contribution < -0.4 is 0 Å². The van der Waals surface area contributed by atoms with E-state index in [4.69, 9.17) is 11.6 Å². The first kappa shape index (κ1) is 8.57. The molecule has 1 aromatic carbocycles. The summed E-state index contributed by atoms with van der Waals surface area (Å²) in [5.41, 5.74) is 2.40. The van der Waals surface area contributed by atoms with Gasteiger partial charge in [0.2, 0.25) is 0 Å². The number of phenolic OH excluding ortho intramolecular Hbond substituents is 1. The van der Waals surface area contributed by atoms with Crippen LogP contribution in [0.3, 0.4) is 0 Å². The van der Waals surface area contributed by atoms with Crippen molar-refractivity contribution in [3.8, 4) is 5.75 Å². The second-order valence-electron chi connectivity index (χ2n) is 3.24. The quantitative estimate of drug-likeness (QED) is 0.701. The van der Waals surface area contributed by atoms with Crippen LogP contribution in [0.2, 0.25) is 5.02 Å². The number of aryl methyl sites for hydroxylation is 1. The average molecular weight is 197 g/mol. The van der Waals surface area contributed by atoms with Crippen molar-refractivity contribution in [2.75, 3.05) is 0 Å². The third-order valence-electron chi connectivity index (χ3n) is 2.46. The summed E-state index contributed by atoms with van der Waals surface area (Å²) in [4.78, 5) is 10.6. The van der Waals surface area contributed by atoms with Crippen LogP contribution in [0, 0.1) is 0 Å². The van der Waals surface area contributed by atoms with Gasteiger partial charge >= 0.3 is 0 Å². The van der Waals surface area contributed by atoms with Crippen LogP contribution in [0.4, 0.5) is 0 Å². The Kier molecular flexibility index (Phi) is 2.00. The molecule has 1 aliphatic rings. The number of carbonyl (C=O) groups excluding carboxylic acids is 1. The molecule has 0 bridgehead atoms. The lowest BCUT2D eigenvalue weighted by atomic mass is 10.1. The van der Waals surface area contributed by atoms with Crippen molar-refractivity contribution in [3.63, 3.8) is 0 Å². The molecule has 0 unspecified atom stereocenters. The third-order valence-corrected chi connectivity index (χ3v) is 2.87. The van der Waals surface area contributed by atoms with E-state index in [9.17, 15) is 9.90 Å². The Morgan fingerprint density at radius 3 is 2.92 bits per heavy atom. The minimum absolute atomic E-state index is 0.0719. The minimum Gasteiger partial charge on any atom is -0.506 e. The molecule has 13 heavy (non-hydrogen) atoms. The Balaban J connectivity index is 2.68. The molecule has 0 heterocycles. The van der Waals surface area contributed by atoms with Crippen LogP contribution in [0.1, 0.15) is 27.9 Å². The molecule has 0 aliphatic heterocycles. The van der Waals surface area contributed by atoms with E-state index in [1.807, 2.05) is 0 Å². The Morgan fingerprint density at radius 1 is 1.46 bits per heavy atom. The molecule has 0 radical (unpaired) electrons. The normalized spacial score (nSPS) is 14.2. The smallest absolute Gasteiger partial charge is 0.153 e. The third kappa shape index (κ3) is 1.22. The highest BCUT2D eigenvalue weighted by molar-refractivity contribution is 6.33. The zero-order chi connectivity index (χ0) is 9.42. The van der Waals surface area contributed by atoms with Gasteiger partial charge < -0.3 is 5.11 Å². The number of carbonyl (C=O) groups is 1. The van der Waals surface area contributed by atoms with Gasteiger partial charge in [-0.15, -0.1) is 0 Å². The second-order valence-corrected chi connectivity index (χ2v) is 3.62. The van der Waals surface area contributed by atoms with Crippen molar-refractivity contribution in [2.45, 2.75) is 19.3 Å². The first-order valence-electron chi connectivity index (χ1n) is 4.22. The van der Waals surface area contributed by atoms with Crippen molar-refractivity contribution in [3.05, 3.63) is 27.8 Å². The molecule has 1 N–H and O–H groups in total. The number of halogens is 1. The topological polar surface area (TPSA) is 37.3 Å². The standard InChI is InChI=1S/C10H9ClO2/c11-9-8-3-1-2-6(8)4-7(5-12)10(9)13/h4-5,13H,1-3H2. The maximum absolute atomic E-state index is 10.6. The zero-order valence-electron chi connectivity index (χ0n) is 7.01. The van der Waals surface area contributed by atoms with Gasteiger partial charge in [-0.1, -0.05) is 11.6 Å². The first-order valence-corrected chi connectivity index (χ1v) is 4.60. The number of aldehydes is 1. The SMILES string of the molecule is O=Cc1cc2c(c(Cl)c1O)CCC2. The highest BCUT2D eigenvalue weighted by Gasteiger charge is 2.19. The molecule has 0 saturated carbocycles. The molecule has 2 nitrogen and oxygen atoms in total. The molecule has 68 valence electrons. The van der Waals surface area contributed by atoms with E-state index in [2.05, 4.69) is 0 Å². The summed E-state index contributed by atoms with van der Waals surface area (Å²) in [7, 11) is 0. The fraction of sp³-hybridized carbons (Fsp3) is 0.300. The van der Waals surface area contributed by atoms with Crippen LogP contribution >= 0.6 is 11.6 Å². The second kappa shape index (κ2) is 3.04. The van der Waals surface area contributed by atoms with E-state index in [0.717, 1.165) is 30.4 Å². The van der Waals surface area contributed by atoms with Crippen molar-refractivity contribution >= 4 is 17.9 Å². The lowest BCUT2D eigenvalue weighted by molar-refractivity contribution is 0.112. The number of fused-ring (bicyclic) bond motifs is 1. The molecule has 0 aromatic heterocycles. The lowest BCUT2D eigenvalue weighted by Gasteiger charge is -2.06. The summed E-state index contributed by atoms with van der Waals surface area (Å²) in [5, 5.41) is 9.86. The van der Waals surface area contributed by atoms with Crippen LogP contribution in [0.5, 0.6) is 5.75 Å². The molecular formula is C10H9ClO2. The largest absolute Gasteiger partial charge is 0.506 e. The van der Waals surface area contributed by atoms with Crippen LogP contribution in [-0.4, -0.2) is 11.4 Å². The van der Waals surface area contributed by atoms with Gasteiger partial charge in [-0.05, 0) is 36.5 Å². The van der Waals surface area contributed by atoms with E-state index in [0.29, 0.717) is 16.9 Å². The van der Waals surface area contributed by atoms with Gasteiger partial charge in [0.15, 0.2) is 6.29 Å². The molecule has 0 spiro atoms. The number of hydrogen-bond donors (Lipinski definition) is 1. The van der Waals surface area contributed by atoms with Crippen LogP contribution in [-0.2, 0) is 12.8 Å². The maximum atomic E-state index is 10.6. The Bertz CT molecular complexity index is 372. The summed E-state index contributed by atoms with van der Waals surface area (Å²) < 4.78 is 0. The zero-order valence-corrected chi connectivity index (χ0v) is 7.77. The summed E-state index contributed by atoms with van der Waals surface area (Å²) in [5.74, 6) is -0.0719.